The zero-order valence-corrected chi connectivity index (χ0v) is 14.8. The Bertz CT molecular complexity index is 634. The Morgan fingerprint density at radius 1 is 1.26 bits per heavy atom. The summed E-state index contributed by atoms with van der Waals surface area (Å²) in [7, 11) is 0. The number of hydrogen-bond donors (Lipinski definition) is 1. The smallest absolute Gasteiger partial charge is 0.217 e. The Labute approximate surface area is 144 Å². The summed E-state index contributed by atoms with van der Waals surface area (Å²) < 4.78 is 20.7. The predicted octanol–water partition coefficient (Wildman–Crippen LogP) is 3.25. The number of aromatic amines is 1. The van der Waals surface area contributed by atoms with Crippen molar-refractivity contribution in [2.75, 3.05) is 13.1 Å². The van der Waals surface area contributed by atoms with E-state index in [0.29, 0.717) is 5.02 Å². The topological polar surface area (TPSA) is 64.2 Å². The number of benzene rings is 1. The highest BCUT2D eigenvalue weighted by Gasteiger charge is 2.32. The van der Waals surface area contributed by atoms with E-state index in [0.717, 1.165) is 48.0 Å². The lowest BCUT2D eigenvalue weighted by Gasteiger charge is -2.31. The fourth-order valence-electron chi connectivity index (χ4n) is 2.75. The Morgan fingerprint density at radius 3 is 2.48 bits per heavy atom. The summed E-state index contributed by atoms with van der Waals surface area (Å²) in [5.41, 5.74) is 1.68. The second-order valence-corrected chi connectivity index (χ2v) is 7.57. The first kappa shape index (κ1) is 16.6. The van der Waals surface area contributed by atoms with Gasteiger partial charge >= 0.3 is 0 Å². The van der Waals surface area contributed by atoms with Crippen LogP contribution in [-0.4, -0.2) is 38.2 Å². The van der Waals surface area contributed by atoms with E-state index in [2.05, 4.69) is 10.2 Å². The molecule has 0 amide bonds. The van der Waals surface area contributed by atoms with Crippen LogP contribution in [0.4, 0.5) is 0 Å². The molecule has 1 N–H and O–H groups in total. The molecular formula is C16H20ClN3O2S. The van der Waals surface area contributed by atoms with Crippen LogP contribution in [0.2, 0.25) is 5.02 Å². The van der Waals surface area contributed by atoms with Crippen LogP contribution in [0.3, 0.4) is 0 Å². The average molecular weight is 354 g/mol. The number of halogens is 1. The minimum absolute atomic E-state index is 0.149. The van der Waals surface area contributed by atoms with Gasteiger partial charge in [0.15, 0.2) is 0 Å². The molecule has 1 fully saturated rings. The zero-order valence-electron chi connectivity index (χ0n) is 13.2. The number of H-pyrrole nitrogens is 1. The summed E-state index contributed by atoms with van der Waals surface area (Å²) in [4.78, 5) is 0.807. The van der Waals surface area contributed by atoms with Crippen molar-refractivity contribution in [2.24, 2.45) is 0 Å². The summed E-state index contributed by atoms with van der Waals surface area (Å²) in [5, 5.41) is 7.73. The molecule has 5 nitrogen and oxygen atoms in total. The summed E-state index contributed by atoms with van der Waals surface area (Å²) in [6.45, 7) is 5.28. The molecule has 1 atom stereocenters. The maximum absolute atomic E-state index is 12.7. The Kier molecular flexibility index (Phi) is 5.16. The lowest BCUT2D eigenvalue weighted by molar-refractivity contribution is 0.135. The monoisotopic (exact) mass is 353 g/mol. The normalized spacial score (nSPS) is 18.1. The predicted molar refractivity (Wildman–Crippen MR) is 91.1 cm³/mol. The molecule has 1 aliphatic heterocycles. The van der Waals surface area contributed by atoms with Crippen molar-refractivity contribution < 1.29 is 9.29 Å². The van der Waals surface area contributed by atoms with E-state index in [4.69, 9.17) is 16.3 Å². The molecule has 2 heterocycles. The van der Waals surface area contributed by atoms with Crippen LogP contribution < -0.4 is 4.74 Å². The molecule has 0 aliphatic carbocycles. The first-order valence-electron chi connectivity index (χ1n) is 7.65. The van der Waals surface area contributed by atoms with E-state index in [1.807, 2.05) is 42.4 Å². The van der Waals surface area contributed by atoms with Crippen molar-refractivity contribution in [3.05, 3.63) is 40.7 Å². The highest BCUT2D eigenvalue weighted by molar-refractivity contribution is 7.89. The van der Waals surface area contributed by atoms with Crippen LogP contribution >= 0.6 is 11.6 Å². The number of hydrogen-bond acceptors (Lipinski definition) is 4. The molecule has 7 heteroatoms. The maximum atomic E-state index is 12.7. The maximum Gasteiger partial charge on any atom is 0.217 e. The molecule has 23 heavy (non-hydrogen) atoms. The molecule has 3 rings (SSSR count). The van der Waals surface area contributed by atoms with Crippen LogP contribution in [0.1, 0.15) is 24.2 Å². The lowest BCUT2D eigenvalue weighted by atomic mass is 10.1. The number of nitrogens with one attached hydrogen (secondary N) is 1. The molecular weight excluding hydrogens is 334 g/mol. The van der Waals surface area contributed by atoms with E-state index in [1.54, 1.807) is 0 Å². The fraction of sp³-hybridized carbons (Fsp3) is 0.438. The quantitative estimate of drug-likeness (QED) is 0.857. The number of rotatable bonds is 4. The van der Waals surface area contributed by atoms with Gasteiger partial charge in [-0.15, -0.1) is 4.31 Å². The third kappa shape index (κ3) is 3.83. The van der Waals surface area contributed by atoms with Crippen molar-refractivity contribution in [1.82, 2.24) is 14.5 Å². The first-order valence-corrected chi connectivity index (χ1v) is 9.13. The van der Waals surface area contributed by atoms with Gasteiger partial charge in [0.25, 0.3) is 0 Å². The molecule has 0 radical (unpaired) electrons. The van der Waals surface area contributed by atoms with Crippen molar-refractivity contribution >= 4 is 23.0 Å². The van der Waals surface area contributed by atoms with Gasteiger partial charge in [-0.2, -0.15) is 5.10 Å². The molecule has 1 saturated heterocycles. The van der Waals surface area contributed by atoms with E-state index in [1.165, 1.54) is 0 Å². The van der Waals surface area contributed by atoms with E-state index < -0.39 is 11.4 Å². The van der Waals surface area contributed by atoms with Crippen molar-refractivity contribution in [3.63, 3.8) is 0 Å². The Morgan fingerprint density at radius 2 is 1.91 bits per heavy atom. The Hall–Kier alpha value is -1.21. The number of aryl methyl sites for hydroxylation is 2. The third-order valence-electron chi connectivity index (χ3n) is 3.99. The van der Waals surface area contributed by atoms with Gasteiger partial charge in [0.05, 0.1) is 17.1 Å². The molecule has 1 aromatic carbocycles. The summed E-state index contributed by atoms with van der Waals surface area (Å²) >= 11 is 4.72. The van der Waals surface area contributed by atoms with Gasteiger partial charge in [0, 0.05) is 31.0 Å². The lowest BCUT2D eigenvalue weighted by Crippen LogP contribution is -2.42. The second-order valence-electron chi connectivity index (χ2n) is 5.71. The van der Waals surface area contributed by atoms with Crippen LogP contribution in [0.15, 0.2) is 29.2 Å². The van der Waals surface area contributed by atoms with Gasteiger partial charge in [-0.1, -0.05) is 11.6 Å². The summed E-state index contributed by atoms with van der Waals surface area (Å²) in [6.07, 6.45) is 1.85. The van der Waals surface area contributed by atoms with Crippen molar-refractivity contribution in [2.45, 2.75) is 37.7 Å². The van der Waals surface area contributed by atoms with E-state index in [9.17, 15) is 4.55 Å². The summed E-state index contributed by atoms with van der Waals surface area (Å²) in [6, 6.07) is 7.41. The molecule has 2 aromatic rings. The SMILES string of the molecule is Cc1n[nH]c(C)c1[S+]([O-])N1CCC(Oc2ccc(Cl)cc2)CC1. The van der Waals surface area contributed by atoms with Gasteiger partial charge in [-0.3, -0.25) is 5.10 Å². The van der Waals surface area contributed by atoms with Gasteiger partial charge in [-0.25, -0.2) is 0 Å². The molecule has 0 spiro atoms. The Balaban J connectivity index is 1.57. The summed E-state index contributed by atoms with van der Waals surface area (Å²) in [5.74, 6) is 0.829. The second kappa shape index (κ2) is 7.13. The largest absolute Gasteiger partial charge is 0.593 e. The van der Waals surface area contributed by atoms with Crippen molar-refractivity contribution in [3.8, 4) is 5.75 Å². The number of piperidine rings is 1. The fourth-order valence-corrected chi connectivity index (χ4v) is 4.28. The van der Waals surface area contributed by atoms with Crippen molar-refractivity contribution in [1.29, 1.82) is 0 Å². The number of ether oxygens (including phenoxy) is 1. The van der Waals surface area contributed by atoms with Crippen LogP contribution in [-0.2, 0) is 11.4 Å². The zero-order chi connectivity index (χ0) is 16.4. The molecule has 1 aliphatic rings. The number of nitrogens with zero attached hydrogens (tertiary/aromatic N) is 2. The van der Waals surface area contributed by atoms with Gasteiger partial charge < -0.3 is 9.29 Å². The molecule has 1 unspecified atom stereocenters. The van der Waals surface area contributed by atoms with Crippen LogP contribution in [0.5, 0.6) is 5.75 Å². The minimum atomic E-state index is -1.16. The van der Waals surface area contributed by atoms with Crippen LogP contribution in [0, 0.1) is 13.8 Å². The average Bonchev–Trinajstić information content (AvgIpc) is 2.88. The molecule has 0 saturated carbocycles. The first-order chi connectivity index (χ1) is 11.0. The van der Waals surface area contributed by atoms with E-state index in [-0.39, 0.29) is 6.10 Å². The highest BCUT2D eigenvalue weighted by Crippen LogP contribution is 2.26. The molecule has 0 bridgehead atoms. The molecule has 1 aromatic heterocycles. The third-order valence-corrected chi connectivity index (χ3v) is 6.02. The van der Waals surface area contributed by atoms with Crippen LogP contribution in [0.25, 0.3) is 0 Å². The highest BCUT2D eigenvalue weighted by atomic mass is 35.5. The van der Waals surface area contributed by atoms with E-state index >= 15 is 0 Å². The minimum Gasteiger partial charge on any atom is -0.593 e. The van der Waals surface area contributed by atoms with Gasteiger partial charge in [0.2, 0.25) is 4.90 Å². The van der Waals surface area contributed by atoms with Gasteiger partial charge in [-0.05, 0) is 38.1 Å². The molecule has 124 valence electrons. The van der Waals surface area contributed by atoms with Gasteiger partial charge in [0.1, 0.15) is 17.5 Å². The standard InChI is InChI=1S/C16H20ClN3O2S/c1-11-16(12(2)19-18-11)23(21)20-9-7-15(8-10-20)22-14-5-3-13(17)4-6-14/h3-6,15H,7-10H2,1-2H3,(H,18,19). The number of aromatic nitrogens is 2.